The zero-order chi connectivity index (χ0) is 17.6. The first kappa shape index (κ1) is 18.1. The van der Waals surface area contributed by atoms with Gasteiger partial charge in [-0.2, -0.15) is 0 Å². The van der Waals surface area contributed by atoms with Crippen molar-refractivity contribution in [3.63, 3.8) is 0 Å². The number of likely N-dealkylation sites (N-methyl/N-ethyl adjacent to an activating group) is 1. The molecule has 134 valence electrons. The van der Waals surface area contributed by atoms with Crippen LogP contribution < -0.4 is 0 Å². The summed E-state index contributed by atoms with van der Waals surface area (Å²) in [6.45, 7) is 12.3. The maximum atomic E-state index is 6.29. The van der Waals surface area contributed by atoms with Crippen molar-refractivity contribution in [2.45, 2.75) is 51.0 Å². The first-order valence-corrected chi connectivity index (χ1v) is 8.78. The van der Waals surface area contributed by atoms with Crippen LogP contribution in [0, 0.1) is 0 Å². The van der Waals surface area contributed by atoms with E-state index in [9.17, 15) is 0 Å². The zero-order valence-electron chi connectivity index (χ0n) is 15.8. The Balaban J connectivity index is 1.90. The van der Waals surface area contributed by atoms with Gasteiger partial charge < -0.3 is 18.9 Å². The highest BCUT2D eigenvalue weighted by Crippen LogP contribution is 2.43. The fraction of sp³-hybridized carbons (Fsp3) is 0.824. The van der Waals surface area contributed by atoms with Crippen molar-refractivity contribution in [3.8, 4) is 0 Å². The summed E-state index contributed by atoms with van der Waals surface area (Å²) in [5.74, 6) is 0. The van der Waals surface area contributed by atoms with Crippen LogP contribution in [0.25, 0.3) is 0 Å². The van der Waals surface area contributed by atoms with Crippen LogP contribution in [0.5, 0.6) is 0 Å². The summed E-state index contributed by atoms with van der Waals surface area (Å²) in [5, 5.41) is 0. The lowest BCUT2D eigenvalue weighted by Gasteiger charge is -2.48. The fourth-order valence-electron chi connectivity index (χ4n) is 3.55. The molecule has 0 spiro atoms. The number of ether oxygens (including phenoxy) is 1. The highest BCUT2D eigenvalue weighted by molar-refractivity contribution is 6.55. The molecule has 0 aromatic heterocycles. The maximum absolute atomic E-state index is 6.29. The van der Waals surface area contributed by atoms with Crippen molar-refractivity contribution in [1.82, 2.24) is 9.80 Å². The lowest BCUT2D eigenvalue weighted by molar-refractivity contribution is -0.113. The number of piperazine rings is 1. The molecule has 0 saturated carbocycles. The summed E-state index contributed by atoms with van der Waals surface area (Å²) in [5.41, 5.74) is -0.317. The van der Waals surface area contributed by atoms with Crippen molar-refractivity contribution in [3.05, 3.63) is 11.7 Å². The summed E-state index contributed by atoms with van der Waals surface area (Å²) in [6, 6.07) is 0. The summed E-state index contributed by atoms with van der Waals surface area (Å²) in [6.07, 6.45) is 4.51. The van der Waals surface area contributed by atoms with E-state index in [1.165, 1.54) is 0 Å². The largest absolute Gasteiger partial charge is 0.496 e. The van der Waals surface area contributed by atoms with Gasteiger partial charge in [0.1, 0.15) is 5.72 Å². The van der Waals surface area contributed by atoms with Gasteiger partial charge in [0.2, 0.25) is 0 Å². The Morgan fingerprint density at radius 3 is 2.21 bits per heavy atom. The molecule has 3 rings (SSSR count). The average molecular weight is 335 g/mol. The number of methoxy groups -OCH3 is 1. The van der Waals surface area contributed by atoms with E-state index in [2.05, 4.69) is 49.5 Å². The molecule has 0 bridgehead atoms. The van der Waals surface area contributed by atoms with Gasteiger partial charge in [-0.1, -0.05) is 0 Å². The van der Waals surface area contributed by atoms with E-state index in [4.69, 9.17) is 14.0 Å². The third-order valence-corrected chi connectivity index (χ3v) is 6.00. The molecular weight excluding hydrogens is 305 g/mol. The molecule has 1 atom stereocenters. The Hall–Kier alpha value is -0.725. The van der Waals surface area contributed by atoms with Crippen LogP contribution in [0.2, 0.25) is 0 Å². The van der Waals surface area contributed by atoms with Gasteiger partial charge in [0.05, 0.1) is 11.2 Å². The molecule has 3 aliphatic heterocycles. The number of aliphatic imine (C=N–C) groups is 1. The Kier molecular flexibility index (Phi) is 4.68. The summed E-state index contributed by atoms with van der Waals surface area (Å²) in [7, 11) is 3.49. The summed E-state index contributed by atoms with van der Waals surface area (Å²) < 4.78 is 18.7. The maximum Gasteiger partial charge on any atom is 0.496 e. The SMILES string of the molecule is COC1(N2CCN(C)CC2)CC=NC=C1B1OC(C)(C)C(C)(C)O1. The quantitative estimate of drug-likeness (QED) is 0.733. The molecule has 6 nitrogen and oxygen atoms in total. The molecule has 0 aliphatic carbocycles. The number of hydrogen-bond acceptors (Lipinski definition) is 6. The second kappa shape index (κ2) is 6.22. The number of nitrogens with zero attached hydrogens (tertiary/aromatic N) is 3. The minimum Gasteiger partial charge on any atom is -0.399 e. The second-order valence-electron chi connectivity index (χ2n) is 7.99. The molecule has 3 aliphatic rings. The monoisotopic (exact) mass is 335 g/mol. The van der Waals surface area contributed by atoms with Crippen molar-refractivity contribution < 1.29 is 14.0 Å². The van der Waals surface area contributed by atoms with Crippen molar-refractivity contribution in [1.29, 1.82) is 0 Å². The molecule has 0 radical (unpaired) electrons. The lowest BCUT2D eigenvalue weighted by Crippen LogP contribution is -2.61. The van der Waals surface area contributed by atoms with E-state index in [1.807, 2.05) is 12.4 Å². The number of hydrogen-bond donors (Lipinski definition) is 0. The predicted molar refractivity (Wildman–Crippen MR) is 96.1 cm³/mol. The van der Waals surface area contributed by atoms with E-state index >= 15 is 0 Å². The smallest absolute Gasteiger partial charge is 0.399 e. The molecule has 2 fully saturated rings. The van der Waals surface area contributed by atoms with Gasteiger partial charge >= 0.3 is 7.12 Å². The molecule has 0 N–H and O–H groups in total. The van der Waals surface area contributed by atoms with Crippen molar-refractivity contribution in [2.24, 2.45) is 4.99 Å². The zero-order valence-corrected chi connectivity index (χ0v) is 15.8. The normalized spacial score (nSPS) is 33.8. The van der Waals surface area contributed by atoms with E-state index in [-0.39, 0.29) is 11.2 Å². The van der Waals surface area contributed by atoms with Crippen LogP contribution in [0.15, 0.2) is 16.7 Å². The second-order valence-corrected chi connectivity index (χ2v) is 7.99. The van der Waals surface area contributed by atoms with Crippen molar-refractivity contribution in [2.75, 3.05) is 40.3 Å². The van der Waals surface area contributed by atoms with Gasteiger partial charge in [0, 0.05) is 57.6 Å². The Morgan fingerprint density at radius 2 is 1.67 bits per heavy atom. The number of rotatable bonds is 3. The summed E-state index contributed by atoms with van der Waals surface area (Å²) >= 11 is 0. The molecule has 0 aromatic rings. The van der Waals surface area contributed by atoms with Gasteiger partial charge in [-0.15, -0.1) is 0 Å². The van der Waals surface area contributed by atoms with Gasteiger partial charge in [-0.25, -0.2) is 0 Å². The van der Waals surface area contributed by atoms with E-state index in [0.29, 0.717) is 6.42 Å². The van der Waals surface area contributed by atoms with E-state index in [0.717, 1.165) is 31.7 Å². The van der Waals surface area contributed by atoms with Crippen LogP contribution in [0.4, 0.5) is 0 Å². The molecule has 2 saturated heterocycles. The molecule has 24 heavy (non-hydrogen) atoms. The topological polar surface area (TPSA) is 46.5 Å². The third-order valence-electron chi connectivity index (χ3n) is 6.00. The molecule has 7 heteroatoms. The Bertz CT molecular complexity index is 525. The van der Waals surface area contributed by atoms with Gasteiger partial charge in [0.25, 0.3) is 0 Å². The van der Waals surface area contributed by atoms with Crippen molar-refractivity contribution >= 4 is 13.3 Å². The molecular formula is C17H30BN3O3. The molecule has 1 unspecified atom stereocenters. The molecule has 0 aromatic carbocycles. The minimum atomic E-state index is -0.538. The van der Waals surface area contributed by atoms with Crippen LogP contribution in [0.1, 0.15) is 34.1 Å². The summed E-state index contributed by atoms with van der Waals surface area (Å²) in [4.78, 5) is 9.13. The van der Waals surface area contributed by atoms with E-state index < -0.39 is 12.8 Å². The highest BCUT2D eigenvalue weighted by Gasteiger charge is 2.58. The van der Waals surface area contributed by atoms with Crippen LogP contribution in [0.3, 0.4) is 0 Å². The molecule has 0 amide bonds. The lowest BCUT2D eigenvalue weighted by atomic mass is 9.69. The van der Waals surface area contributed by atoms with Crippen LogP contribution in [-0.4, -0.2) is 80.4 Å². The van der Waals surface area contributed by atoms with Crippen LogP contribution >= 0.6 is 0 Å². The Labute approximate surface area is 146 Å². The third kappa shape index (κ3) is 2.86. The van der Waals surface area contributed by atoms with Crippen LogP contribution in [-0.2, 0) is 14.0 Å². The average Bonchev–Trinajstić information content (AvgIpc) is 2.75. The van der Waals surface area contributed by atoms with Gasteiger partial charge in [-0.05, 0) is 34.7 Å². The predicted octanol–water partition coefficient (Wildman–Crippen LogP) is 1.57. The van der Waals surface area contributed by atoms with Gasteiger partial charge in [-0.3, -0.25) is 9.89 Å². The highest BCUT2D eigenvalue weighted by atomic mass is 16.7. The fourth-order valence-corrected chi connectivity index (χ4v) is 3.55. The Morgan fingerprint density at radius 1 is 1.08 bits per heavy atom. The first-order chi connectivity index (χ1) is 11.2. The van der Waals surface area contributed by atoms with E-state index in [1.54, 1.807) is 7.11 Å². The molecule has 3 heterocycles. The first-order valence-electron chi connectivity index (χ1n) is 8.78. The van der Waals surface area contributed by atoms with Gasteiger partial charge in [0.15, 0.2) is 0 Å². The minimum absolute atomic E-state index is 0.374. The standard InChI is InChI=1S/C17H30BN3O3/c1-15(2)16(3,4)24-18(23-15)14-13-19-8-7-17(14,22-6)21-11-9-20(5)10-12-21/h8,13H,7,9-12H2,1-6H3.